The van der Waals surface area contributed by atoms with Gasteiger partial charge in [-0.05, 0) is 0 Å². The number of alkyl halides is 3. The Morgan fingerprint density at radius 2 is 1.70 bits per heavy atom. The van der Waals surface area contributed by atoms with Crippen molar-refractivity contribution < 1.29 is 13.2 Å². The molecule has 0 amide bonds. The highest BCUT2D eigenvalue weighted by Crippen LogP contribution is 2.27. The first kappa shape index (κ1) is 9.28. The molecule has 0 saturated heterocycles. The second-order valence-electron chi connectivity index (χ2n) is 2.36. The molecule has 0 rings (SSSR count). The summed E-state index contributed by atoms with van der Waals surface area (Å²) in [5.41, 5.74) is 0. The van der Waals surface area contributed by atoms with E-state index in [1.807, 2.05) is 0 Å². The minimum Gasteiger partial charge on any atom is -0.303 e. The van der Waals surface area contributed by atoms with Crippen molar-refractivity contribution in [2.45, 2.75) is 26.1 Å². The quantitative estimate of drug-likeness (QED) is 0.507. The van der Waals surface area contributed by atoms with Gasteiger partial charge >= 0.3 is 12.2 Å². The van der Waals surface area contributed by atoms with E-state index in [1.54, 1.807) is 0 Å². The fraction of sp³-hybridized carbons (Fsp3) is 0.833. The topological polar surface area (TPSA) is 4.36 Å². The summed E-state index contributed by atoms with van der Waals surface area (Å²) in [6.45, 7) is 9.02. The van der Waals surface area contributed by atoms with E-state index in [4.69, 9.17) is 6.57 Å². The van der Waals surface area contributed by atoms with E-state index in [0.29, 0.717) is 0 Å². The lowest BCUT2D eigenvalue weighted by atomic mass is 10.1. The van der Waals surface area contributed by atoms with Crippen LogP contribution in [0.2, 0.25) is 0 Å². The lowest BCUT2D eigenvalue weighted by Gasteiger charge is -2.11. The van der Waals surface area contributed by atoms with Crippen molar-refractivity contribution in [3.05, 3.63) is 11.4 Å². The average Bonchev–Trinajstić information content (AvgIpc) is 1.60. The second-order valence-corrected chi connectivity index (χ2v) is 2.36. The zero-order chi connectivity index (χ0) is 8.36. The third-order valence-corrected chi connectivity index (χ3v) is 1.11. The summed E-state index contributed by atoms with van der Waals surface area (Å²) in [5, 5.41) is 0. The summed E-state index contributed by atoms with van der Waals surface area (Å²) >= 11 is 0. The predicted molar refractivity (Wildman–Crippen MR) is 31.3 cm³/mol. The molecular formula is C6H8F3N. The van der Waals surface area contributed by atoms with E-state index in [0.717, 1.165) is 0 Å². The minimum absolute atomic E-state index is 0.655. The Labute approximate surface area is 57.7 Å². The molecule has 0 aromatic rings. The number of hydrogen-bond donors (Lipinski definition) is 0. The number of rotatable bonds is 1. The van der Waals surface area contributed by atoms with Gasteiger partial charge in [0.2, 0.25) is 0 Å². The monoisotopic (exact) mass is 151 g/mol. The van der Waals surface area contributed by atoms with Gasteiger partial charge in [-0.15, -0.1) is 0 Å². The molecule has 0 aromatic carbocycles. The Hall–Kier alpha value is -0.720. The third kappa shape index (κ3) is 2.26. The van der Waals surface area contributed by atoms with E-state index >= 15 is 0 Å². The minimum atomic E-state index is -4.37. The van der Waals surface area contributed by atoms with E-state index in [9.17, 15) is 13.2 Å². The van der Waals surface area contributed by atoms with Crippen LogP contribution in [0, 0.1) is 12.5 Å². The van der Waals surface area contributed by atoms with E-state index in [-0.39, 0.29) is 0 Å². The standard InChI is InChI=1S/C6H8F3N/c1-4(2)5(10-3)6(7,8)9/h4-5H,1-2H3. The summed E-state index contributed by atoms with van der Waals surface area (Å²) in [4.78, 5) is 2.48. The third-order valence-electron chi connectivity index (χ3n) is 1.11. The highest BCUT2D eigenvalue weighted by Gasteiger charge is 2.47. The molecule has 4 heteroatoms. The van der Waals surface area contributed by atoms with E-state index in [2.05, 4.69) is 4.85 Å². The van der Waals surface area contributed by atoms with Crippen LogP contribution in [-0.2, 0) is 0 Å². The van der Waals surface area contributed by atoms with Gasteiger partial charge in [0.1, 0.15) is 0 Å². The van der Waals surface area contributed by atoms with Crippen LogP contribution < -0.4 is 0 Å². The molecule has 0 aliphatic rings. The van der Waals surface area contributed by atoms with Gasteiger partial charge in [-0.3, -0.25) is 0 Å². The van der Waals surface area contributed by atoms with Gasteiger partial charge in [-0.25, -0.2) is 6.57 Å². The van der Waals surface area contributed by atoms with Crippen molar-refractivity contribution in [3.8, 4) is 0 Å². The van der Waals surface area contributed by atoms with Crippen molar-refractivity contribution in [3.63, 3.8) is 0 Å². The maximum Gasteiger partial charge on any atom is 0.465 e. The highest BCUT2D eigenvalue weighted by molar-refractivity contribution is 4.87. The number of hydrogen-bond acceptors (Lipinski definition) is 0. The molecule has 0 bridgehead atoms. The van der Waals surface area contributed by atoms with Crippen molar-refractivity contribution in [2.24, 2.45) is 5.92 Å². The normalized spacial score (nSPS) is 14.9. The molecule has 0 aliphatic carbocycles. The van der Waals surface area contributed by atoms with Gasteiger partial charge in [0.25, 0.3) is 0 Å². The Balaban J connectivity index is 4.26. The molecular weight excluding hydrogens is 143 g/mol. The number of halogens is 3. The lowest BCUT2D eigenvalue weighted by molar-refractivity contribution is -0.146. The molecule has 0 aromatic heterocycles. The SMILES string of the molecule is [C-]#[N+]C(C(C)C)C(F)(F)F. The predicted octanol–water partition coefficient (Wildman–Crippen LogP) is 2.49. The molecule has 1 atom stereocenters. The molecule has 58 valence electrons. The molecule has 0 radical (unpaired) electrons. The Bertz CT molecular complexity index is 142. The van der Waals surface area contributed by atoms with Crippen molar-refractivity contribution >= 4 is 0 Å². The van der Waals surface area contributed by atoms with Gasteiger partial charge in [0.15, 0.2) is 0 Å². The summed E-state index contributed by atoms with van der Waals surface area (Å²) in [6, 6.07) is -1.84. The molecule has 0 saturated carbocycles. The van der Waals surface area contributed by atoms with Gasteiger partial charge in [0.05, 0.1) is 0 Å². The first-order valence-corrected chi connectivity index (χ1v) is 2.83. The summed E-state index contributed by atoms with van der Waals surface area (Å²) in [6.07, 6.45) is -4.37. The van der Waals surface area contributed by atoms with E-state index in [1.165, 1.54) is 13.8 Å². The first-order chi connectivity index (χ1) is 4.39. The Morgan fingerprint density at radius 3 is 1.70 bits per heavy atom. The van der Waals surface area contributed by atoms with Crippen LogP contribution in [0.1, 0.15) is 13.8 Å². The van der Waals surface area contributed by atoms with Crippen molar-refractivity contribution in [1.29, 1.82) is 0 Å². The van der Waals surface area contributed by atoms with Crippen molar-refractivity contribution in [1.82, 2.24) is 0 Å². The number of nitrogens with zero attached hydrogens (tertiary/aromatic N) is 1. The van der Waals surface area contributed by atoms with Crippen LogP contribution >= 0.6 is 0 Å². The fourth-order valence-electron chi connectivity index (χ4n) is 0.600. The van der Waals surface area contributed by atoms with Crippen LogP contribution in [0.25, 0.3) is 4.85 Å². The molecule has 0 N–H and O–H groups in total. The first-order valence-electron chi connectivity index (χ1n) is 2.83. The van der Waals surface area contributed by atoms with Crippen LogP contribution in [0.15, 0.2) is 0 Å². The largest absolute Gasteiger partial charge is 0.465 e. The molecule has 0 spiro atoms. The zero-order valence-corrected chi connectivity index (χ0v) is 5.74. The molecule has 0 aliphatic heterocycles. The van der Waals surface area contributed by atoms with Crippen molar-refractivity contribution in [2.75, 3.05) is 0 Å². The molecule has 1 unspecified atom stereocenters. The zero-order valence-electron chi connectivity index (χ0n) is 5.74. The summed E-state index contributed by atoms with van der Waals surface area (Å²) < 4.78 is 35.3. The van der Waals surface area contributed by atoms with Gasteiger partial charge in [-0.2, -0.15) is 13.2 Å². The maximum absolute atomic E-state index is 11.8. The van der Waals surface area contributed by atoms with Crippen LogP contribution in [0.3, 0.4) is 0 Å². The van der Waals surface area contributed by atoms with Gasteiger partial charge < -0.3 is 4.85 Å². The summed E-state index contributed by atoms with van der Waals surface area (Å²) in [5.74, 6) is -0.655. The maximum atomic E-state index is 11.8. The smallest absolute Gasteiger partial charge is 0.303 e. The fourth-order valence-corrected chi connectivity index (χ4v) is 0.600. The van der Waals surface area contributed by atoms with Gasteiger partial charge in [-0.1, -0.05) is 13.8 Å². The van der Waals surface area contributed by atoms with Crippen LogP contribution in [0.5, 0.6) is 0 Å². The molecule has 0 fully saturated rings. The van der Waals surface area contributed by atoms with Crippen LogP contribution in [0.4, 0.5) is 13.2 Å². The molecule has 1 nitrogen and oxygen atoms in total. The van der Waals surface area contributed by atoms with Crippen LogP contribution in [-0.4, -0.2) is 12.2 Å². The second kappa shape index (κ2) is 2.91. The Kier molecular flexibility index (Phi) is 2.70. The Morgan fingerprint density at radius 1 is 1.30 bits per heavy atom. The molecule has 10 heavy (non-hydrogen) atoms. The van der Waals surface area contributed by atoms with E-state index < -0.39 is 18.1 Å². The molecule has 0 heterocycles. The summed E-state index contributed by atoms with van der Waals surface area (Å²) in [7, 11) is 0. The van der Waals surface area contributed by atoms with Gasteiger partial charge in [0, 0.05) is 5.92 Å². The average molecular weight is 151 g/mol. The lowest BCUT2D eigenvalue weighted by Crippen LogP contribution is -2.30. The highest BCUT2D eigenvalue weighted by atomic mass is 19.4.